The SMILES string of the molecule is CCC(C)C(C)(N)c1ccc(C)c(C)c1OC. The Kier molecular flexibility index (Phi) is 4.21. The average Bonchev–Trinajstić information content (AvgIpc) is 2.30. The Bertz CT molecular complexity index is 396. The van der Waals surface area contributed by atoms with Gasteiger partial charge in [0.15, 0.2) is 0 Å². The van der Waals surface area contributed by atoms with E-state index in [1.165, 1.54) is 11.1 Å². The molecule has 0 radical (unpaired) electrons. The molecule has 0 bridgehead atoms. The van der Waals surface area contributed by atoms with Crippen LogP contribution >= 0.6 is 0 Å². The van der Waals surface area contributed by atoms with E-state index in [9.17, 15) is 0 Å². The van der Waals surface area contributed by atoms with Gasteiger partial charge in [0.05, 0.1) is 7.11 Å². The smallest absolute Gasteiger partial charge is 0.127 e. The first-order chi connectivity index (χ1) is 7.86. The molecule has 96 valence electrons. The second kappa shape index (κ2) is 5.09. The Morgan fingerprint density at radius 3 is 2.41 bits per heavy atom. The molecular weight excluding hydrogens is 210 g/mol. The van der Waals surface area contributed by atoms with Gasteiger partial charge in [-0.2, -0.15) is 0 Å². The second-order valence-corrected chi connectivity index (χ2v) is 5.18. The van der Waals surface area contributed by atoms with Crippen molar-refractivity contribution in [2.45, 2.75) is 46.6 Å². The molecule has 0 spiro atoms. The highest BCUT2D eigenvalue weighted by Crippen LogP contribution is 2.37. The highest BCUT2D eigenvalue weighted by atomic mass is 16.5. The van der Waals surface area contributed by atoms with Gasteiger partial charge in [0.1, 0.15) is 5.75 Å². The summed E-state index contributed by atoms with van der Waals surface area (Å²) in [5, 5.41) is 0. The topological polar surface area (TPSA) is 35.2 Å². The van der Waals surface area contributed by atoms with Gasteiger partial charge in [-0.25, -0.2) is 0 Å². The zero-order chi connectivity index (χ0) is 13.2. The summed E-state index contributed by atoms with van der Waals surface area (Å²) in [6.45, 7) is 10.6. The van der Waals surface area contributed by atoms with Crippen LogP contribution in [0.2, 0.25) is 0 Å². The maximum absolute atomic E-state index is 6.51. The first-order valence-corrected chi connectivity index (χ1v) is 6.29. The molecule has 0 heterocycles. The maximum atomic E-state index is 6.51. The van der Waals surface area contributed by atoms with E-state index in [4.69, 9.17) is 10.5 Å². The first kappa shape index (κ1) is 14.0. The number of hydrogen-bond donors (Lipinski definition) is 1. The minimum absolute atomic E-state index is 0.349. The molecule has 0 aromatic heterocycles. The summed E-state index contributed by atoms with van der Waals surface area (Å²) in [6.07, 6.45) is 1.06. The fraction of sp³-hybridized carbons (Fsp3) is 0.600. The van der Waals surface area contributed by atoms with Crippen LogP contribution in [-0.4, -0.2) is 7.11 Å². The number of methoxy groups -OCH3 is 1. The molecule has 2 atom stereocenters. The van der Waals surface area contributed by atoms with Gasteiger partial charge in [-0.3, -0.25) is 0 Å². The molecule has 0 aliphatic heterocycles. The lowest BCUT2D eigenvalue weighted by molar-refractivity contribution is 0.299. The van der Waals surface area contributed by atoms with Crippen molar-refractivity contribution >= 4 is 0 Å². The molecule has 2 heteroatoms. The Morgan fingerprint density at radius 2 is 1.94 bits per heavy atom. The molecule has 2 N–H and O–H groups in total. The third kappa shape index (κ3) is 2.47. The summed E-state index contributed by atoms with van der Waals surface area (Å²) in [7, 11) is 1.72. The molecule has 2 unspecified atom stereocenters. The fourth-order valence-electron chi connectivity index (χ4n) is 2.17. The van der Waals surface area contributed by atoms with Crippen LogP contribution in [0.25, 0.3) is 0 Å². The largest absolute Gasteiger partial charge is 0.496 e. The van der Waals surface area contributed by atoms with Crippen molar-refractivity contribution in [1.82, 2.24) is 0 Å². The van der Waals surface area contributed by atoms with E-state index in [0.717, 1.165) is 17.7 Å². The van der Waals surface area contributed by atoms with Gasteiger partial charge >= 0.3 is 0 Å². The van der Waals surface area contributed by atoms with Crippen LogP contribution in [0, 0.1) is 19.8 Å². The predicted molar refractivity (Wildman–Crippen MR) is 73.5 cm³/mol. The van der Waals surface area contributed by atoms with Crippen LogP contribution in [0.1, 0.15) is 43.9 Å². The van der Waals surface area contributed by atoms with Crippen molar-refractivity contribution in [1.29, 1.82) is 0 Å². The van der Waals surface area contributed by atoms with Crippen molar-refractivity contribution in [3.05, 3.63) is 28.8 Å². The van der Waals surface area contributed by atoms with Gasteiger partial charge in [-0.15, -0.1) is 0 Å². The highest BCUT2D eigenvalue weighted by Gasteiger charge is 2.31. The van der Waals surface area contributed by atoms with Crippen molar-refractivity contribution in [2.75, 3.05) is 7.11 Å². The first-order valence-electron chi connectivity index (χ1n) is 6.29. The molecule has 1 rings (SSSR count). The summed E-state index contributed by atoms with van der Waals surface area (Å²) in [5.74, 6) is 1.36. The molecule has 0 aliphatic rings. The number of hydrogen-bond acceptors (Lipinski definition) is 2. The minimum atomic E-state index is -0.349. The highest BCUT2D eigenvalue weighted by molar-refractivity contribution is 5.48. The summed E-state index contributed by atoms with van der Waals surface area (Å²) in [5.41, 5.74) is 9.69. The molecular formula is C15H25NO. The van der Waals surface area contributed by atoms with Crippen LogP contribution in [0.3, 0.4) is 0 Å². The van der Waals surface area contributed by atoms with Gasteiger partial charge in [0, 0.05) is 11.1 Å². The number of benzene rings is 1. The van der Waals surface area contributed by atoms with Crippen LogP contribution in [-0.2, 0) is 5.54 Å². The standard InChI is InChI=1S/C15H25NO/c1-7-11(3)15(5,16)13-9-8-10(2)12(4)14(13)17-6/h8-9,11H,7,16H2,1-6H3. The zero-order valence-corrected chi connectivity index (χ0v) is 11.9. The fourth-order valence-corrected chi connectivity index (χ4v) is 2.17. The second-order valence-electron chi connectivity index (χ2n) is 5.18. The Balaban J connectivity index is 3.36. The third-order valence-corrected chi connectivity index (χ3v) is 4.10. The van der Waals surface area contributed by atoms with Crippen molar-refractivity contribution < 1.29 is 4.74 Å². The minimum Gasteiger partial charge on any atom is -0.496 e. The normalized spacial score (nSPS) is 16.4. The lowest BCUT2D eigenvalue weighted by Crippen LogP contribution is -2.40. The quantitative estimate of drug-likeness (QED) is 0.866. The predicted octanol–water partition coefficient (Wildman–Crippen LogP) is 3.53. The van der Waals surface area contributed by atoms with E-state index in [0.29, 0.717) is 5.92 Å². The van der Waals surface area contributed by atoms with Crippen molar-refractivity contribution in [2.24, 2.45) is 11.7 Å². The van der Waals surface area contributed by atoms with Crippen LogP contribution in [0.4, 0.5) is 0 Å². The van der Waals surface area contributed by atoms with Gasteiger partial charge in [0.2, 0.25) is 0 Å². The van der Waals surface area contributed by atoms with Crippen LogP contribution in [0.15, 0.2) is 12.1 Å². The molecule has 0 amide bonds. The average molecular weight is 235 g/mol. The van der Waals surface area contributed by atoms with Gasteiger partial charge < -0.3 is 10.5 Å². The maximum Gasteiger partial charge on any atom is 0.127 e. The molecule has 0 saturated carbocycles. The number of ether oxygens (including phenoxy) is 1. The van der Waals surface area contributed by atoms with E-state index < -0.39 is 0 Å². The Morgan fingerprint density at radius 1 is 1.35 bits per heavy atom. The van der Waals surface area contributed by atoms with E-state index in [-0.39, 0.29) is 5.54 Å². The Labute approximate surface area is 105 Å². The monoisotopic (exact) mass is 235 g/mol. The van der Waals surface area contributed by atoms with Gasteiger partial charge in [0.25, 0.3) is 0 Å². The van der Waals surface area contributed by atoms with Gasteiger partial charge in [-0.05, 0) is 37.8 Å². The summed E-state index contributed by atoms with van der Waals surface area (Å²) in [6, 6.07) is 4.23. The van der Waals surface area contributed by atoms with Gasteiger partial charge in [-0.1, -0.05) is 32.4 Å². The number of aryl methyl sites for hydroxylation is 1. The zero-order valence-electron chi connectivity index (χ0n) is 11.9. The molecule has 0 fully saturated rings. The van der Waals surface area contributed by atoms with E-state index in [1.54, 1.807) is 7.11 Å². The lowest BCUT2D eigenvalue weighted by atomic mass is 9.78. The number of nitrogens with two attached hydrogens (primary N) is 1. The van der Waals surface area contributed by atoms with Crippen LogP contribution < -0.4 is 10.5 Å². The van der Waals surface area contributed by atoms with E-state index >= 15 is 0 Å². The molecule has 0 saturated heterocycles. The molecule has 0 aliphatic carbocycles. The van der Waals surface area contributed by atoms with E-state index in [1.807, 2.05) is 0 Å². The molecule has 2 nitrogen and oxygen atoms in total. The van der Waals surface area contributed by atoms with Crippen molar-refractivity contribution in [3.63, 3.8) is 0 Å². The van der Waals surface area contributed by atoms with Crippen molar-refractivity contribution in [3.8, 4) is 5.75 Å². The summed E-state index contributed by atoms with van der Waals surface area (Å²) >= 11 is 0. The summed E-state index contributed by atoms with van der Waals surface area (Å²) in [4.78, 5) is 0. The molecule has 1 aromatic rings. The molecule has 1 aromatic carbocycles. The number of rotatable bonds is 4. The van der Waals surface area contributed by atoms with E-state index in [2.05, 4.69) is 46.8 Å². The lowest BCUT2D eigenvalue weighted by Gasteiger charge is -2.33. The Hall–Kier alpha value is -1.02. The summed E-state index contributed by atoms with van der Waals surface area (Å²) < 4.78 is 5.56. The molecule has 17 heavy (non-hydrogen) atoms. The van der Waals surface area contributed by atoms with Crippen LogP contribution in [0.5, 0.6) is 5.75 Å². The third-order valence-electron chi connectivity index (χ3n) is 4.10.